The van der Waals surface area contributed by atoms with Crippen LogP contribution in [-0.2, 0) is 13.5 Å². The molecule has 3 nitrogen and oxygen atoms in total. The molecule has 0 aliphatic carbocycles. The van der Waals surface area contributed by atoms with Crippen LogP contribution < -0.4 is 0 Å². The van der Waals surface area contributed by atoms with Crippen LogP contribution >= 0.6 is 0 Å². The number of halogens is 2. The SMILES string of the molecule is CCc1cc(C(=O)c2ccc(F)c(F)c2)n(C)n1. The van der Waals surface area contributed by atoms with Crippen molar-refractivity contribution in [1.29, 1.82) is 0 Å². The first-order chi connectivity index (χ1) is 8.52. The van der Waals surface area contributed by atoms with Gasteiger partial charge in [0.2, 0.25) is 5.78 Å². The van der Waals surface area contributed by atoms with Gasteiger partial charge in [-0.25, -0.2) is 8.78 Å². The third-order valence-electron chi connectivity index (χ3n) is 2.71. The van der Waals surface area contributed by atoms with Crippen LogP contribution in [0.25, 0.3) is 0 Å². The lowest BCUT2D eigenvalue weighted by Gasteiger charge is -2.01. The van der Waals surface area contributed by atoms with Crippen LogP contribution in [0.2, 0.25) is 0 Å². The lowest BCUT2D eigenvalue weighted by Crippen LogP contribution is -2.08. The summed E-state index contributed by atoms with van der Waals surface area (Å²) in [6, 6.07) is 4.76. The van der Waals surface area contributed by atoms with Gasteiger partial charge in [-0.3, -0.25) is 9.48 Å². The molecule has 5 heteroatoms. The van der Waals surface area contributed by atoms with E-state index in [2.05, 4.69) is 5.10 Å². The van der Waals surface area contributed by atoms with E-state index >= 15 is 0 Å². The van der Waals surface area contributed by atoms with Crippen molar-refractivity contribution in [3.8, 4) is 0 Å². The highest BCUT2D eigenvalue weighted by atomic mass is 19.2. The molecule has 0 bridgehead atoms. The van der Waals surface area contributed by atoms with Crippen LogP contribution in [0.4, 0.5) is 8.78 Å². The average Bonchev–Trinajstić information content (AvgIpc) is 2.73. The number of rotatable bonds is 3. The Bertz CT molecular complexity index is 605. The predicted molar refractivity (Wildman–Crippen MR) is 62.4 cm³/mol. The number of benzene rings is 1. The zero-order chi connectivity index (χ0) is 13.3. The lowest BCUT2D eigenvalue weighted by molar-refractivity contribution is 0.102. The summed E-state index contributed by atoms with van der Waals surface area (Å²) < 4.78 is 27.3. The monoisotopic (exact) mass is 250 g/mol. The van der Waals surface area contributed by atoms with Crippen molar-refractivity contribution in [3.63, 3.8) is 0 Å². The number of carbonyl (C=O) groups excluding carboxylic acids is 1. The summed E-state index contributed by atoms with van der Waals surface area (Å²) in [5.41, 5.74) is 1.25. The summed E-state index contributed by atoms with van der Waals surface area (Å²) >= 11 is 0. The molecule has 1 aromatic carbocycles. The van der Waals surface area contributed by atoms with Crippen LogP contribution in [0.1, 0.15) is 28.7 Å². The molecule has 0 saturated carbocycles. The molecule has 1 aromatic heterocycles. The first-order valence-electron chi connectivity index (χ1n) is 5.55. The first-order valence-corrected chi connectivity index (χ1v) is 5.55. The molecule has 0 radical (unpaired) electrons. The molecule has 0 unspecified atom stereocenters. The smallest absolute Gasteiger partial charge is 0.211 e. The Hall–Kier alpha value is -2.04. The first kappa shape index (κ1) is 12.4. The summed E-state index contributed by atoms with van der Waals surface area (Å²) in [4.78, 5) is 12.1. The van der Waals surface area contributed by atoms with E-state index in [1.54, 1.807) is 13.1 Å². The Morgan fingerprint density at radius 3 is 2.56 bits per heavy atom. The van der Waals surface area contributed by atoms with Crippen molar-refractivity contribution < 1.29 is 13.6 Å². The highest BCUT2D eigenvalue weighted by Gasteiger charge is 2.16. The molecule has 2 rings (SSSR count). The van der Waals surface area contributed by atoms with E-state index in [4.69, 9.17) is 0 Å². The number of carbonyl (C=O) groups is 1. The number of hydrogen-bond acceptors (Lipinski definition) is 2. The van der Waals surface area contributed by atoms with E-state index in [1.165, 1.54) is 10.7 Å². The summed E-state index contributed by atoms with van der Waals surface area (Å²) in [7, 11) is 1.65. The highest BCUT2D eigenvalue weighted by Crippen LogP contribution is 2.14. The molecule has 0 atom stereocenters. The van der Waals surface area contributed by atoms with Crippen LogP contribution in [0.15, 0.2) is 24.3 Å². The van der Waals surface area contributed by atoms with Crippen molar-refractivity contribution in [1.82, 2.24) is 9.78 Å². The van der Waals surface area contributed by atoms with Gasteiger partial charge >= 0.3 is 0 Å². The van der Waals surface area contributed by atoms with Crippen LogP contribution in [0, 0.1) is 11.6 Å². The molecular formula is C13H12F2N2O. The van der Waals surface area contributed by atoms with E-state index in [0.717, 1.165) is 17.8 Å². The van der Waals surface area contributed by atoms with E-state index in [9.17, 15) is 13.6 Å². The van der Waals surface area contributed by atoms with E-state index in [-0.39, 0.29) is 11.3 Å². The summed E-state index contributed by atoms with van der Waals surface area (Å²) in [6.45, 7) is 1.92. The van der Waals surface area contributed by atoms with Gasteiger partial charge < -0.3 is 0 Å². The summed E-state index contributed by atoms with van der Waals surface area (Å²) in [5.74, 6) is -2.37. The second-order valence-corrected chi connectivity index (χ2v) is 3.96. The molecule has 0 fully saturated rings. The van der Waals surface area contributed by atoms with Gasteiger partial charge in [0.1, 0.15) is 5.69 Å². The van der Waals surface area contributed by atoms with Crippen LogP contribution in [0.3, 0.4) is 0 Å². The standard InChI is InChI=1S/C13H12F2N2O/c1-3-9-7-12(17(2)16-9)13(18)8-4-5-10(14)11(15)6-8/h4-7H,3H2,1-2H3. The van der Waals surface area contributed by atoms with E-state index < -0.39 is 11.6 Å². The number of ketones is 1. The summed E-state index contributed by atoms with van der Waals surface area (Å²) in [6.07, 6.45) is 0.707. The van der Waals surface area contributed by atoms with Crippen LogP contribution in [-0.4, -0.2) is 15.6 Å². The maximum Gasteiger partial charge on any atom is 0.211 e. The van der Waals surface area contributed by atoms with Crippen molar-refractivity contribution in [2.75, 3.05) is 0 Å². The van der Waals surface area contributed by atoms with Gasteiger partial charge in [0.15, 0.2) is 11.6 Å². The zero-order valence-corrected chi connectivity index (χ0v) is 10.1. The fourth-order valence-corrected chi connectivity index (χ4v) is 1.70. The molecule has 0 N–H and O–H groups in total. The largest absolute Gasteiger partial charge is 0.287 e. The van der Waals surface area contributed by atoms with Gasteiger partial charge in [0, 0.05) is 12.6 Å². The lowest BCUT2D eigenvalue weighted by atomic mass is 10.1. The topological polar surface area (TPSA) is 34.9 Å². The second-order valence-electron chi connectivity index (χ2n) is 3.96. The van der Waals surface area contributed by atoms with Crippen molar-refractivity contribution in [3.05, 3.63) is 52.9 Å². The fourth-order valence-electron chi connectivity index (χ4n) is 1.70. The number of aromatic nitrogens is 2. The van der Waals surface area contributed by atoms with Crippen molar-refractivity contribution >= 4 is 5.78 Å². The maximum absolute atomic E-state index is 13.1. The third-order valence-corrected chi connectivity index (χ3v) is 2.71. The predicted octanol–water partition coefficient (Wildman–Crippen LogP) is 2.49. The highest BCUT2D eigenvalue weighted by molar-refractivity contribution is 6.07. The Morgan fingerprint density at radius 2 is 2.00 bits per heavy atom. The molecule has 0 spiro atoms. The quantitative estimate of drug-likeness (QED) is 0.784. The molecule has 18 heavy (non-hydrogen) atoms. The average molecular weight is 250 g/mol. The van der Waals surface area contributed by atoms with Gasteiger partial charge in [-0.1, -0.05) is 6.92 Å². The van der Waals surface area contributed by atoms with Gasteiger partial charge in [-0.15, -0.1) is 0 Å². The molecule has 0 aliphatic rings. The van der Waals surface area contributed by atoms with Gasteiger partial charge in [0.05, 0.1) is 5.69 Å². The molecule has 1 heterocycles. The molecule has 94 valence electrons. The van der Waals surface area contributed by atoms with Crippen LogP contribution in [0.5, 0.6) is 0 Å². The fraction of sp³-hybridized carbons (Fsp3) is 0.231. The van der Waals surface area contributed by atoms with Crippen molar-refractivity contribution in [2.24, 2.45) is 7.05 Å². The van der Waals surface area contributed by atoms with Gasteiger partial charge in [-0.05, 0) is 30.7 Å². The Labute approximate surface area is 103 Å². The normalized spacial score (nSPS) is 10.7. The zero-order valence-electron chi connectivity index (χ0n) is 10.1. The molecular weight excluding hydrogens is 238 g/mol. The third kappa shape index (κ3) is 2.16. The van der Waals surface area contributed by atoms with Gasteiger partial charge in [-0.2, -0.15) is 5.10 Å². The van der Waals surface area contributed by atoms with Gasteiger partial charge in [0.25, 0.3) is 0 Å². The molecule has 2 aromatic rings. The molecule has 0 aliphatic heterocycles. The Morgan fingerprint density at radius 1 is 1.28 bits per heavy atom. The number of nitrogens with zero attached hydrogens (tertiary/aromatic N) is 2. The number of hydrogen-bond donors (Lipinski definition) is 0. The Balaban J connectivity index is 2.41. The van der Waals surface area contributed by atoms with E-state index in [0.29, 0.717) is 12.1 Å². The Kier molecular flexibility index (Phi) is 3.23. The minimum absolute atomic E-state index is 0.111. The number of aryl methyl sites for hydroxylation is 2. The minimum atomic E-state index is -1.03. The maximum atomic E-state index is 13.1. The minimum Gasteiger partial charge on any atom is -0.287 e. The summed E-state index contributed by atoms with van der Waals surface area (Å²) in [5, 5.41) is 4.14. The molecule has 0 amide bonds. The molecule has 0 saturated heterocycles. The van der Waals surface area contributed by atoms with E-state index in [1.807, 2.05) is 6.92 Å². The van der Waals surface area contributed by atoms with Crippen molar-refractivity contribution in [2.45, 2.75) is 13.3 Å². The second kappa shape index (κ2) is 4.68.